The summed E-state index contributed by atoms with van der Waals surface area (Å²) in [6, 6.07) is 10.0. The Morgan fingerprint density at radius 1 is 1.22 bits per heavy atom. The molecule has 0 aromatic heterocycles. The molecule has 0 bridgehead atoms. The summed E-state index contributed by atoms with van der Waals surface area (Å²) in [5.41, 5.74) is 9.18. The third-order valence-corrected chi connectivity index (χ3v) is 4.50. The molecule has 0 radical (unpaired) electrons. The van der Waals surface area contributed by atoms with Crippen LogP contribution in [-0.2, 0) is 6.54 Å². The monoisotopic (exact) mass is 244 g/mol. The van der Waals surface area contributed by atoms with Gasteiger partial charge in [-0.3, -0.25) is 4.90 Å². The fourth-order valence-corrected chi connectivity index (χ4v) is 3.18. The summed E-state index contributed by atoms with van der Waals surface area (Å²) < 4.78 is 0. The van der Waals surface area contributed by atoms with Gasteiger partial charge in [-0.05, 0) is 49.7 Å². The summed E-state index contributed by atoms with van der Waals surface area (Å²) >= 11 is 0. The number of nitrogens with two attached hydrogens (primary N) is 1. The SMILES string of the molecule is CC1CC(N)CCN1Cc1ccccc1C1CC1. The van der Waals surface area contributed by atoms with Gasteiger partial charge < -0.3 is 5.73 Å². The van der Waals surface area contributed by atoms with Crippen molar-refractivity contribution in [1.29, 1.82) is 0 Å². The molecule has 1 heterocycles. The zero-order valence-electron chi connectivity index (χ0n) is 11.3. The van der Waals surface area contributed by atoms with Crippen LogP contribution in [0.5, 0.6) is 0 Å². The topological polar surface area (TPSA) is 29.3 Å². The summed E-state index contributed by atoms with van der Waals surface area (Å²) in [5, 5.41) is 0. The van der Waals surface area contributed by atoms with Crippen molar-refractivity contribution in [3.05, 3.63) is 35.4 Å². The lowest BCUT2D eigenvalue weighted by atomic mass is 9.96. The predicted octanol–water partition coefficient (Wildman–Crippen LogP) is 2.88. The number of piperidine rings is 1. The fourth-order valence-electron chi connectivity index (χ4n) is 3.18. The molecule has 1 aliphatic carbocycles. The van der Waals surface area contributed by atoms with E-state index in [1.807, 2.05) is 0 Å². The largest absolute Gasteiger partial charge is 0.328 e. The van der Waals surface area contributed by atoms with Gasteiger partial charge in [0.2, 0.25) is 0 Å². The highest BCUT2D eigenvalue weighted by Gasteiger charge is 2.28. The van der Waals surface area contributed by atoms with Crippen LogP contribution in [0.1, 0.15) is 49.7 Å². The Bertz CT molecular complexity index is 411. The first-order chi connectivity index (χ1) is 8.74. The minimum absolute atomic E-state index is 0.412. The minimum Gasteiger partial charge on any atom is -0.328 e. The highest BCUT2D eigenvalue weighted by molar-refractivity contribution is 5.33. The smallest absolute Gasteiger partial charge is 0.0239 e. The second-order valence-corrected chi connectivity index (χ2v) is 6.08. The second-order valence-electron chi connectivity index (χ2n) is 6.08. The maximum absolute atomic E-state index is 6.04. The van der Waals surface area contributed by atoms with Gasteiger partial charge in [0.1, 0.15) is 0 Å². The summed E-state index contributed by atoms with van der Waals surface area (Å²) in [5.74, 6) is 0.851. The molecule has 2 N–H and O–H groups in total. The molecular formula is C16H24N2. The Kier molecular flexibility index (Phi) is 3.40. The van der Waals surface area contributed by atoms with Crippen LogP contribution in [0.4, 0.5) is 0 Å². The molecule has 98 valence electrons. The predicted molar refractivity (Wildman–Crippen MR) is 75.5 cm³/mol. The van der Waals surface area contributed by atoms with Crippen molar-refractivity contribution in [3.63, 3.8) is 0 Å². The summed E-state index contributed by atoms with van der Waals surface area (Å²) in [6.07, 6.45) is 5.07. The zero-order chi connectivity index (χ0) is 12.5. The molecule has 1 aromatic rings. The van der Waals surface area contributed by atoms with Gasteiger partial charge in [-0.25, -0.2) is 0 Å². The van der Waals surface area contributed by atoms with E-state index in [4.69, 9.17) is 5.73 Å². The number of nitrogens with zero attached hydrogens (tertiary/aromatic N) is 1. The molecule has 2 heteroatoms. The van der Waals surface area contributed by atoms with Gasteiger partial charge in [-0.1, -0.05) is 24.3 Å². The standard InChI is InChI=1S/C16H24N2/c1-12-10-15(17)8-9-18(12)11-14-4-2-3-5-16(14)13-6-7-13/h2-5,12-13,15H,6-11,17H2,1H3. The maximum atomic E-state index is 6.04. The lowest BCUT2D eigenvalue weighted by Gasteiger charge is -2.36. The molecular weight excluding hydrogens is 220 g/mol. The van der Waals surface area contributed by atoms with E-state index in [-0.39, 0.29) is 0 Å². The van der Waals surface area contributed by atoms with E-state index in [9.17, 15) is 0 Å². The second kappa shape index (κ2) is 5.02. The van der Waals surface area contributed by atoms with Crippen molar-refractivity contribution >= 4 is 0 Å². The molecule has 1 aliphatic heterocycles. The minimum atomic E-state index is 0.412. The van der Waals surface area contributed by atoms with Crippen LogP contribution in [0.2, 0.25) is 0 Å². The summed E-state index contributed by atoms with van der Waals surface area (Å²) in [4.78, 5) is 2.60. The number of likely N-dealkylation sites (tertiary alicyclic amines) is 1. The number of benzene rings is 1. The van der Waals surface area contributed by atoms with E-state index in [1.54, 1.807) is 11.1 Å². The Morgan fingerprint density at radius 2 is 2.00 bits per heavy atom. The van der Waals surface area contributed by atoms with Gasteiger partial charge in [-0.15, -0.1) is 0 Å². The molecule has 2 aliphatic rings. The average molecular weight is 244 g/mol. The molecule has 2 fully saturated rings. The number of hydrogen-bond acceptors (Lipinski definition) is 2. The first-order valence-electron chi connectivity index (χ1n) is 7.31. The lowest BCUT2D eigenvalue weighted by molar-refractivity contribution is 0.139. The molecule has 18 heavy (non-hydrogen) atoms. The Labute approximate surface area is 110 Å². The normalized spacial score (nSPS) is 29.4. The van der Waals surface area contributed by atoms with Gasteiger partial charge in [0.15, 0.2) is 0 Å². The van der Waals surface area contributed by atoms with Gasteiger partial charge in [0, 0.05) is 25.2 Å². The molecule has 1 aromatic carbocycles. The zero-order valence-corrected chi connectivity index (χ0v) is 11.3. The Hall–Kier alpha value is -0.860. The third kappa shape index (κ3) is 2.60. The van der Waals surface area contributed by atoms with Gasteiger partial charge in [0.25, 0.3) is 0 Å². The van der Waals surface area contributed by atoms with Crippen molar-refractivity contribution in [2.45, 2.75) is 57.2 Å². The summed E-state index contributed by atoms with van der Waals surface area (Å²) in [7, 11) is 0. The molecule has 1 saturated carbocycles. The van der Waals surface area contributed by atoms with Crippen molar-refractivity contribution < 1.29 is 0 Å². The lowest BCUT2D eigenvalue weighted by Crippen LogP contribution is -2.45. The summed E-state index contributed by atoms with van der Waals surface area (Å²) in [6.45, 7) is 4.58. The van der Waals surface area contributed by atoms with Crippen molar-refractivity contribution in [2.24, 2.45) is 5.73 Å². The fraction of sp³-hybridized carbons (Fsp3) is 0.625. The molecule has 1 saturated heterocycles. The first kappa shape index (κ1) is 12.2. The quantitative estimate of drug-likeness (QED) is 0.886. The van der Waals surface area contributed by atoms with E-state index < -0.39 is 0 Å². The first-order valence-corrected chi connectivity index (χ1v) is 7.31. The highest BCUT2D eigenvalue weighted by Crippen LogP contribution is 2.42. The van der Waals surface area contributed by atoms with Crippen LogP contribution in [0.25, 0.3) is 0 Å². The number of hydrogen-bond donors (Lipinski definition) is 1. The van der Waals surface area contributed by atoms with E-state index >= 15 is 0 Å². The van der Waals surface area contributed by atoms with Crippen molar-refractivity contribution in [3.8, 4) is 0 Å². The molecule has 3 rings (SSSR count). The van der Waals surface area contributed by atoms with E-state index in [0.29, 0.717) is 12.1 Å². The maximum Gasteiger partial charge on any atom is 0.0239 e. The van der Waals surface area contributed by atoms with E-state index in [1.165, 1.54) is 12.8 Å². The van der Waals surface area contributed by atoms with Crippen molar-refractivity contribution in [2.75, 3.05) is 6.54 Å². The molecule has 2 atom stereocenters. The average Bonchev–Trinajstić information content (AvgIpc) is 3.17. The Morgan fingerprint density at radius 3 is 2.72 bits per heavy atom. The van der Waals surface area contributed by atoms with Crippen LogP contribution < -0.4 is 5.73 Å². The van der Waals surface area contributed by atoms with E-state index in [0.717, 1.165) is 31.8 Å². The highest BCUT2D eigenvalue weighted by atomic mass is 15.2. The van der Waals surface area contributed by atoms with Crippen LogP contribution >= 0.6 is 0 Å². The molecule has 0 spiro atoms. The molecule has 2 unspecified atom stereocenters. The van der Waals surface area contributed by atoms with Crippen LogP contribution in [-0.4, -0.2) is 23.5 Å². The molecule has 0 amide bonds. The van der Waals surface area contributed by atoms with Gasteiger partial charge in [-0.2, -0.15) is 0 Å². The van der Waals surface area contributed by atoms with Crippen LogP contribution in [0.3, 0.4) is 0 Å². The number of rotatable bonds is 3. The Balaban J connectivity index is 1.72. The third-order valence-electron chi connectivity index (χ3n) is 4.50. The van der Waals surface area contributed by atoms with Crippen molar-refractivity contribution in [1.82, 2.24) is 4.90 Å². The van der Waals surface area contributed by atoms with Crippen LogP contribution in [0.15, 0.2) is 24.3 Å². The van der Waals surface area contributed by atoms with Gasteiger partial charge >= 0.3 is 0 Å². The molecule has 2 nitrogen and oxygen atoms in total. The van der Waals surface area contributed by atoms with Crippen LogP contribution in [0, 0.1) is 0 Å². The van der Waals surface area contributed by atoms with Gasteiger partial charge in [0.05, 0.1) is 0 Å². The van der Waals surface area contributed by atoms with E-state index in [2.05, 4.69) is 36.1 Å².